The SMILES string of the molecule is CC(Nc1nc2cc[nH]c(=O)c2c2ccccc12)C(C)(C)C. The highest BCUT2D eigenvalue weighted by Crippen LogP contribution is 2.30. The molecule has 114 valence electrons. The van der Waals surface area contributed by atoms with Crippen molar-refractivity contribution in [2.24, 2.45) is 5.41 Å². The molecule has 0 aliphatic rings. The van der Waals surface area contributed by atoms with Crippen LogP contribution in [0, 0.1) is 5.41 Å². The number of benzene rings is 1. The predicted octanol–water partition coefficient (Wildman–Crippen LogP) is 3.92. The zero-order valence-electron chi connectivity index (χ0n) is 13.4. The predicted molar refractivity (Wildman–Crippen MR) is 92.4 cm³/mol. The number of fused-ring (bicyclic) bond motifs is 3. The van der Waals surface area contributed by atoms with Gasteiger partial charge in [0.1, 0.15) is 5.82 Å². The Bertz CT molecular complexity index is 890. The first kappa shape index (κ1) is 14.6. The van der Waals surface area contributed by atoms with Crippen LogP contribution in [0.3, 0.4) is 0 Å². The average molecular weight is 295 g/mol. The van der Waals surface area contributed by atoms with Gasteiger partial charge in [0.15, 0.2) is 0 Å². The van der Waals surface area contributed by atoms with Gasteiger partial charge >= 0.3 is 0 Å². The van der Waals surface area contributed by atoms with Crippen LogP contribution in [0.4, 0.5) is 5.82 Å². The Morgan fingerprint density at radius 2 is 1.82 bits per heavy atom. The quantitative estimate of drug-likeness (QED) is 0.704. The van der Waals surface area contributed by atoms with Gasteiger partial charge in [-0.2, -0.15) is 0 Å². The van der Waals surface area contributed by atoms with E-state index >= 15 is 0 Å². The Morgan fingerprint density at radius 3 is 2.50 bits per heavy atom. The van der Waals surface area contributed by atoms with E-state index in [2.05, 4.69) is 43.0 Å². The number of anilines is 1. The van der Waals surface area contributed by atoms with Gasteiger partial charge in [0.05, 0.1) is 10.9 Å². The number of aromatic amines is 1. The van der Waals surface area contributed by atoms with Gasteiger partial charge in [-0.1, -0.05) is 45.0 Å². The van der Waals surface area contributed by atoms with Crippen LogP contribution < -0.4 is 10.9 Å². The van der Waals surface area contributed by atoms with Gasteiger partial charge in [0.25, 0.3) is 5.56 Å². The lowest BCUT2D eigenvalue weighted by atomic mass is 9.88. The van der Waals surface area contributed by atoms with Crippen LogP contribution in [0.1, 0.15) is 27.7 Å². The smallest absolute Gasteiger partial charge is 0.258 e. The van der Waals surface area contributed by atoms with Gasteiger partial charge in [-0.05, 0) is 18.4 Å². The first-order chi connectivity index (χ1) is 10.4. The third-order valence-corrected chi connectivity index (χ3v) is 4.27. The zero-order chi connectivity index (χ0) is 15.9. The molecule has 4 nitrogen and oxygen atoms in total. The summed E-state index contributed by atoms with van der Waals surface area (Å²) >= 11 is 0. The topological polar surface area (TPSA) is 57.8 Å². The van der Waals surface area contributed by atoms with Crippen molar-refractivity contribution >= 4 is 27.5 Å². The highest BCUT2D eigenvalue weighted by atomic mass is 16.1. The first-order valence-corrected chi connectivity index (χ1v) is 7.54. The molecule has 0 aliphatic carbocycles. The maximum absolute atomic E-state index is 12.2. The van der Waals surface area contributed by atoms with Gasteiger partial charge in [0.2, 0.25) is 0 Å². The van der Waals surface area contributed by atoms with Crippen molar-refractivity contribution in [1.29, 1.82) is 0 Å². The van der Waals surface area contributed by atoms with E-state index in [1.54, 1.807) is 6.20 Å². The summed E-state index contributed by atoms with van der Waals surface area (Å²) in [6.45, 7) is 8.73. The molecule has 2 aromatic heterocycles. The molecule has 0 saturated carbocycles. The monoisotopic (exact) mass is 295 g/mol. The second-order valence-electron chi connectivity index (χ2n) is 6.81. The van der Waals surface area contributed by atoms with Gasteiger partial charge in [-0.3, -0.25) is 4.79 Å². The summed E-state index contributed by atoms with van der Waals surface area (Å²) in [5.74, 6) is 0.830. The molecule has 0 radical (unpaired) electrons. The van der Waals surface area contributed by atoms with Crippen LogP contribution in [-0.4, -0.2) is 16.0 Å². The van der Waals surface area contributed by atoms with Crippen LogP contribution in [0.25, 0.3) is 21.7 Å². The molecule has 2 heterocycles. The van der Waals surface area contributed by atoms with Crippen molar-refractivity contribution in [3.05, 3.63) is 46.9 Å². The van der Waals surface area contributed by atoms with Crippen molar-refractivity contribution in [1.82, 2.24) is 9.97 Å². The van der Waals surface area contributed by atoms with Crippen molar-refractivity contribution < 1.29 is 0 Å². The summed E-state index contributed by atoms with van der Waals surface area (Å²) in [5.41, 5.74) is 0.731. The molecule has 1 atom stereocenters. The fourth-order valence-electron chi connectivity index (χ4n) is 2.44. The van der Waals surface area contributed by atoms with Crippen molar-refractivity contribution in [2.75, 3.05) is 5.32 Å². The lowest BCUT2D eigenvalue weighted by Crippen LogP contribution is -2.31. The Hall–Kier alpha value is -2.36. The summed E-state index contributed by atoms with van der Waals surface area (Å²) < 4.78 is 0. The molecule has 0 fully saturated rings. The minimum Gasteiger partial charge on any atom is -0.367 e. The van der Waals surface area contributed by atoms with Crippen LogP contribution in [-0.2, 0) is 0 Å². The molecule has 4 heteroatoms. The molecular weight excluding hydrogens is 274 g/mol. The number of nitrogens with one attached hydrogen (secondary N) is 2. The minimum absolute atomic E-state index is 0.100. The number of rotatable bonds is 2. The number of hydrogen-bond donors (Lipinski definition) is 2. The number of pyridine rings is 2. The minimum atomic E-state index is -0.100. The lowest BCUT2D eigenvalue weighted by Gasteiger charge is -2.29. The Morgan fingerprint density at radius 1 is 1.14 bits per heavy atom. The molecule has 3 rings (SSSR count). The Balaban J connectivity index is 2.28. The maximum atomic E-state index is 12.2. The molecule has 22 heavy (non-hydrogen) atoms. The van der Waals surface area contributed by atoms with E-state index in [-0.39, 0.29) is 17.0 Å². The molecule has 0 amide bonds. The molecular formula is C18H21N3O. The van der Waals surface area contributed by atoms with Crippen molar-refractivity contribution in [2.45, 2.75) is 33.7 Å². The van der Waals surface area contributed by atoms with E-state index in [9.17, 15) is 4.79 Å². The fourth-order valence-corrected chi connectivity index (χ4v) is 2.44. The van der Waals surface area contributed by atoms with Gasteiger partial charge in [0, 0.05) is 23.0 Å². The van der Waals surface area contributed by atoms with Crippen molar-refractivity contribution in [3.8, 4) is 0 Å². The third kappa shape index (κ3) is 2.45. The van der Waals surface area contributed by atoms with E-state index in [1.807, 2.05) is 30.3 Å². The summed E-state index contributed by atoms with van der Waals surface area (Å²) in [7, 11) is 0. The third-order valence-electron chi connectivity index (χ3n) is 4.27. The van der Waals surface area contributed by atoms with E-state index in [0.29, 0.717) is 10.9 Å². The van der Waals surface area contributed by atoms with Crippen LogP contribution in [0.5, 0.6) is 0 Å². The van der Waals surface area contributed by atoms with E-state index < -0.39 is 0 Å². The van der Waals surface area contributed by atoms with Crippen molar-refractivity contribution in [3.63, 3.8) is 0 Å². The largest absolute Gasteiger partial charge is 0.367 e. The second kappa shape index (κ2) is 5.13. The zero-order valence-corrected chi connectivity index (χ0v) is 13.4. The molecule has 0 saturated heterocycles. The fraction of sp³-hybridized carbons (Fsp3) is 0.333. The first-order valence-electron chi connectivity index (χ1n) is 7.54. The maximum Gasteiger partial charge on any atom is 0.258 e. The molecule has 0 spiro atoms. The Kier molecular flexibility index (Phi) is 3.39. The lowest BCUT2D eigenvalue weighted by molar-refractivity contribution is 0.359. The standard InChI is InChI=1S/C18H21N3O/c1-11(18(2,3)4)20-16-13-8-6-5-7-12(13)15-14(21-16)9-10-19-17(15)22/h5-11H,1-4H3,(H,19,22)(H,20,21). The van der Waals surface area contributed by atoms with Crippen LogP contribution in [0.2, 0.25) is 0 Å². The van der Waals surface area contributed by atoms with Gasteiger partial charge < -0.3 is 10.3 Å². The second-order valence-corrected chi connectivity index (χ2v) is 6.81. The number of nitrogens with zero attached hydrogens (tertiary/aromatic N) is 1. The molecule has 2 N–H and O–H groups in total. The summed E-state index contributed by atoms with van der Waals surface area (Å²) in [5, 5.41) is 6.06. The number of aromatic nitrogens is 2. The Labute approximate surface area is 129 Å². The van der Waals surface area contributed by atoms with E-state index in [1.165, 1.54) is 0 Å². The molecule has 0 bridgehead atoms. The molecule has 3 aromatic rings. The number of H-pyrrole nitrogens is 1. The van der Waals surface area contributed by atoms with Crippen LogP contribution >= 0.6 is 0 Å². The number of hydrogen-bond acceptors (Lipinski definition) is 3. The van der Waals surface area contributed by atoms with Gasteiger partial charge in [-0.25, -0.2) is 4.98 Å². The summed E-state index contributed by atoms with van der Waals surface area (Å²) in [6.07, 6.45) is 1.64. The highest BCUT2D eigenvalue weighted by molar-refractivity contribution is 6.09. The molecule has 1 unspecified atom stereocenters. The van der Waals surface area contributed by atoms with Gasteiger partial charge in [-0.15, -0.1) is 0 Å². The molecule has 0 aliphatic heterocycles. The van der Waals surface area contributed by atoms with E-state index in [0.717, 1.165) is 16.6 Å². The summed E-state index contributed by atoms with van der Waals surface area (Å²) in [4.78, 5) is 19.6. The van der Waals surface area contributed by atoms with E-state index in [4.69, 9.17) is 0 Å². The molecule has 1 aromatic carbocycles. The average Bonchev–Trinajstić information content (AvgIpc) is 2.46. The highest BCUT2D eigenvalue weighted by Gasteiger charge is 2.21. The van der Waals surface area contributed by atoms with Crippen LogP contribution in [0.15, 0.2) is 41.3 Å². The normalized spacial score (nSPS) is 13.5. The summed E-state index contributed by atoms with van der Waals surface area (Å²) in [6, 6.07) is 10.00.